The summed E-state index contributed by atoms with van der Waals surface area (Å²) < 4.78 is 39.5. The molecular formula is C22H26N4O5S. The van der Waals surface area contributed by atoms with Crippen LogP contribution >= 0.6 is 0 Å². The molecule has 4 rings (SSSR count). The minimum atomic E-state index is -3.20. The quantitative estimate of drug-likeness (QED) is 0.447. The molecule has 1 aromatic carbocycles. The normalized spacial score (nSPS) is 17.0. The number of hydrogen-bond acceptors (Lipinski definition) is 9. The van der Waals surface area contributed by atoms with E-state index in [-0.39, 0.29) is 6.04 Å². The van der Waals surface area contributed by atoms with E-state index in [9.17, 15) is 8.42 Å². The molecule has 0 bridgehead atoms. The summed E-state index contributed by atoms with van der Waals surface area (Å²) in [6.07, 6.45) is 4.81. The number of hydrogen-bond donors (Lipinski definition) is 0. The van der Waals surface area contributed by atoms with Gasteiger partial charge >= 0.3 is 0 Å². The van der Waals surface area contributed by atoms with Crippen LogP contribution in [0.5, 0.6) is 5.88 Å². The first-order valence-corrected chi connectivity index (χ1v) is 12.3. The fraction of sp³-hybridized carbons (Fsp3) is 0.409. The number of ether oxygens (including phenoxy) is 2. The average molecular weight is 459 g/mol. The third-order valence-corrected chi connectivity index (χ3v) is 6.49. The van der Waals surface area contributed by atoms with Crippen molar-refractivity contribution in [3.05, 3.63) is 54.0 Å². The molecule has 0 radical (unpaired) electrons. The first-order valence-electron chi connectivity index (χ1n) is 10.4. The van der Waals surface area contributed by atoms with Crippen LogP contribution in [0.25, 0.3) is 11.4 Å². The van der Waals surface area contributed by atoms with E-state index in [1.54, 1.807) is 31.5 Å². The Balaban J connectivity index is 1.46. The summed E-state index contributed by atoms with van der Waals surface area (Å²) in [5.41, 5.74) is 1.80. The van der Waals surface area contributed by atoms with Crippen molar-refractivity contribution in [2.75, 3.05) is 33.1 Å². The SMILES string of the molecule is COCCOc1cc(-c2noc(C3CCCN3Cc3ccc(S(C)(=O)=O)cc3)n2)ccn1. The van der Waals surface area contributed by atoms with Crippen molar-refractivity contribution >= 4 is 9.84 Å². The molecule has 0 spiro atoms. The first-order chi connectivity index (χ1) is 15.4. The van der Waals surface area contributed by atoms with Gasteiger partial charge < -0.3 is 14.0 Å². The molecule has 3 heterocycles. The van der Waals surface area contributed by atoms with Gasteiger partial charge in [-0.1, -0.05) is 17.3 Å². The van der Waals surface area contributed by atoms with E-state index in [1.165, 1.54) is 6.26 Å². The predicted molar refractivity (Wildman–Crippen MR) is 117 cm³/mol. The van der Waals surface area contributed by atoms with Crippen LogP contribution < -0.4 is 4.74 Å². The summed E-state index contributed by atoms with van der Waals surface area (Å²) in [6, 6.07) is 10.6. The Morgan fingerprint density at radius 2 is 2.00 bits per heavy atom. The van der Waals surface area contributed by atoms with Crippen LogP contribution in [0.2, 0.25) is 0 Å². The lowest BCUT2D eigenvalue weighted by atomic mass is 10.2. The number of likely N-dealkylation sites (tertiary alicyclic amines) is 1. The van der Waals surface area contributed by atoms with Gasteiger partial charge in [-0.2, -0.15) is 4.98 Å². The Morgan fingerprint density at radius 1 is 1.19 bits per heavy atom. The van der Waals surface area contributed by atoms with Gasteiger partial charge in [0.1, 0.15) is 6.61 Å². The second-order valence-corrected chi connectivity index (χ2v) is 9.74. The number of nitrogens with zero attached hydrogens (tertiary/aromatic N) is 4. The number of methoxy groups -OCH3 is 1. The van der Waals surface area contributed by atoms with Crippen molar-refractivity contribution in [3.8, 4) is 17.3 Å². The molecule has 1 aliphatic heterocycles. The minimum Gasteiger partial charge on any atom is -0.475 e. The monoisotopic (exact) mass is 458 g/mol. The lowest BCUT2D eigenvalue weighted by Gasteiger charge is -2.21. The minimum absolute atomic E-state index is 0.0186. The van der Waals surface area contributed by atoms with Gasteiger partial charge in [0, 0.05) is 37.7 Å². The number of aromatic nitrogens is 3. The highest BCUT2D eigenvalue weighted by molar-refractivity contribution is 7.90. The fourth-order valence-electron chi connectivity index (χ4n) is 3.72. The largest absolute Gasteiger partial charge is 0.475 e. The van der Waals surface area contributed by atoms with Gasteiger partial charge in [-0.05, 0) is 43.1 Å². The van der Waals surface area contributed by atoms with Gasteiger partial charge in [0.2, 0.25) is 17.6 Å². The van der Waals surface area contributed by atoms with E-state index in [0.29, 0.717) is 42.2 Å². The maximum absolute atomic E-state index is 11.7. The van der Waals surface area contributed by atoms with Crippen molar-refractivity contribution in [1.29, 1.82) is 0 Å². The maximum atomic E-state index is 11.7. The molecule has 3 aromatic rings. The summed E-state index contributed by atoms with van der Waals surface area (Å²) in [6.45, 7) is 2.47. The van der Waals surface area contributed by atoms with Crippen LogP contribution in [0.4, 0.5) is 0 Å². The molecule has 2 aromatic heterocycles. The van der Waals surface area contributed by atoms with E-state index >= 15 is 0 Å². The molecule has 0 saturated carbocycles. The zero-order valence-electron chi connectivity index (χ0n) is 18.1. The van der Waals surface area contributed by atoms with Crippen LogP contribution in [0, 0.1) is 0 Å². The van der Waals surface area contributed by atoms with Crippen LogP contribution in [0.1, 0.15) is 30.3 Å². The Kier molecular flexibility index (Phi) is 6.83. The van der Waals surface area contributed by atoms with Crippen LogP contribution in [0.3, 0.4) is 0 Å². The van der Waals surface area contributed by atoms with E-state index < -0.39 is 9.84 Å². The third-order valence-electron chi connectivity index (χ3n) is 5.36. The van der Waals surface area contributed by atoms with Gasteiger partial charge in [-0.25, -0.2) is 13.4 Å². The molecule has 1 unspecified atom stereocenters. The number of sulfone groups is 1. The highest BCUT2D eigenvalue weighted by Gasteiger charge is 2.31. The summed E-state index contributed by atoms with van der Waals surface area (Å²) in [4.78, 5) is 11.4. The summed E-state index contributed by atoms with van der Waals surface area (Å²) in [7, 11) is -1.58. The second kappa shape index (κ2) is 9.76. The second-order valence-electron chi connectivity index (χ2n) is 7.72. The summed E-state index contributed by atoms with van der Waals surface area (Å²) in [5, 5.41) is 4.16. The molecule has 9 nitrogen and oxygen atoms in total. The number of benzene rings is 1. The maximum Gasteiger partial charge on any atom is 0.244 e. The lowest BCUT2D eigenvalue weighted by Crippen LogP contribution is -2.23. The van der Waals surface area contributed by atoms with E-state index in [1.807, 2.05) is 18.2 Å². The fourth-order valence-corrected chi connectivity index (χ4v) is 4.35. The van der Waals surface area contributed by atoms with Gasteiger partial charge in [-0.3, -0.25) is 4.90 Å². The third kappa shape index (κ3) is 5.32. The van der Waals surface area contributed by atoms with Gasteiger partial charge in [0.15, 0.2) is 9.84 Å². The summed E-state index contributed by atoms with van der Waals surface area (Å²) >= 11 is 0. The van der Waals surface area contributed by atoms with E-state index in [0.717, 1.165) is 30.5 Å². The Hall–Kier alpha value is -2.82. The summed E-state index contributed by atoms with van der Waals surface area (Å²) in [5.74, 6) is 1.54. The lowest BCUT2D eigenvalue weighted by molar-refractivity contribution is 0.144. The van der Waals surface area contributed by atoms with Gasteiger partial charge in [0.25, 0.3) is 0 Å². The molecule has 0 N–H and O–H groups in total. The van der Waals surface area contributed by atoms with Crippen molar-refractivity contribution in [2.24, 2.45) is 0 Å². The number of rotatable bonds is 9. The average Bonchev–Trinajstić information content (AvgIpc) is 3.43. The van der Waals surface area contributed by atoms with E-state index in [4.69, 9.17) is 14.0 Å². The molecule has 170 valence electrons. The van der Waals surface area contributed by atoms with Gasteiger partial charge in [0.05, 0.1) is 17.5 Å². The van der Waals surface area contributed by atoms with Gasteiger partial charge in [-0.15, -0.1) is 0 Å². The molecule has 32 heavy (non-hydrogen) atoms. The predicted octanol–water partition coefficient (Wildman–Crippen LogP) is 2.90. The van der Waals surface area contributed by atoms with Crippen molar-refractivity contribution in [3.63, 3.8) is 0 Å². The topological polar surface area (TPSA) is 108 Å². The molecule has 10 heteroatoms. The Morgan fingerprint density at radius 3 is 2.75 bits per heavy atom. The molecule has 1 fully saturated rings. The zero-order valence-corrected chi connectivity index (χ0v) is 18.9. The standard InChI is InChI=1S/C22H26N4O5S/c1-29-12-13-30-20-14-17(9-10-23-20)21-24-22(31-25-21)19-4-3-11-26(19)15-16-5-7-18(8-6-16)32(2,27)28/h5-10,14,19H,3-4,11-13,15H2,1-2H3. The molecule has 1 saturated heterocycles. The van der Waals surface area contributed by atoms with Crippen molar-refractivity contribution in [1.82, 2.24) is 20.0 Å². The van der Waals surface area contributed by atoms with Crippen LogP contribution in [-0.4, -0.2) is 61.6 Å². The molecule has 0 aliphatic carbocycles. The van der Waals surface area contributed by atoms with Crippen LogP contribution in [-0.2, 0) is 21.1 Å². The first kappa shape index (κ1) is 22.4. The molecular weight excluding hydrogens is 432 g/mol. The van der Waals surface area contributed by atoms with Crippen molar-refractivity contribution in [2.45, 2.75) is 30.3 Å². The highest BCUT2D eigenvalue weighted by atomic mass is 32.2. The Labute approximate surface area is 187 Å². The molecule has 1 atom stereocenters. The smallest absolute Gasteiger partial charge is 0.244 e. The van der Waals surface area contributed by atoms with Crippen LogP contribution in [0.15, 0.2) is 52.0 Å². The van der Waals surface area contributed by atoms with Crippen molar-refractivity contribution < 1.29 is 22.4 Å². The van der Waals surface area contributed by atoms with E-state index in [2.05, 4.69) is 20.0 Å². The zero-order chi connectivity index (χ0) is 22.6. The Bertz CT molecular complexity index is 1150. The molecule has 1 aliphatic rings. The molecule has 0 amide bonds. The highest BCUT2D eigenvalue weighted by Crippen LogP contribution is 2.33. The number of pyridine rings is 1.